The second-order valence-corrected chi connectivity index (χ2v) is 5.79. The van der Waals surface area contributed by atoms with Crippen molar-refractivity contribution in [1.29, 1.82) is 0 Å². The van der Waals surface area contributed by atoms with E-state index in [0.29, 0.717) is 17.7 Å². The van der Waals surface area contributed by atoms with Gasteiger partial charge >= 0.3 is 0 Å². The zero-order chi connectivity index (χ0) is 15.2. The van der Waals surface area contributed by atoms with E-state index >= 15 is 0 Å². The number of benzene rings is 2. The summed E-state index contributed by atoms with van der Waals surface area (Å²) in [7, 11) is 1.79. The number of hydrogen-bond acceptors (Lipinski definition) is 2. The lowest BCUT2D eigenvalue weighted by molar-refractivity contribution is 0.550. The highest BCUT2D eigenvalue weighted by Crippen LogP contribution is 2.21. The normalized spacial score (nSPS) is 12.4. The molecule has 112 valence electrons. The van der Waals surface area contributed by atoms with Gasteiger partial charge in [-0.25, -0.2) is 13.2 Å². The van der Waals surface area contributed by atoms with E-state index < -0.39 is 11.6 Å². The molecule has 0 saturated heterocycles. The van der Waals surface area contributed by atoms with Crippen molar-refractivity contribution in [3.8, 4) is 0 Å². The first-order valence-corrected chi connectivity index (χ1v) is 7.56. The van der Waals surface area contributed by atoms with Crippen molar-refractivity contribution in [3.05, 3.63) is 65.5 Å². The minimum Gasteiger partial charge on any atom is -0.316 e. The SMILES string of the molecule is CNC(CSc1cccc(F)c1)Cc1ccc(F)cc1F. The van der Waals surface area contributed by atoms with Gasteiger partial charge in [0.15, 0.2) is 0 Å². The van der Waals surface area contributed by atoms with E-state index in [0.717, 1.165) is 11.0 Å². The fourth-order valence-electron chi connectivity index (χ4n) is 1.95. The molecular formula is C16H16F3NS. The Morgan fingerprint density at radius 2 is 1.81 bits per heavy atom. The Hall–Kier alpha value is -1.46. The molecule has 0 spiro atoms. The third-order valence-corrected chi connectivity index (χ3v) is 4.29. The van der Waals surface area contributed by atoms with Gasteiger partial charge in [-0.1, -0.05) is 12.1 Å². The molecular weight excluding hydrogens is 295 g/mol. The Morgan fingerprint density at radius 1 is 1.05 bits per heavy atom. The van der Waals surface area contributed by atoms with Gasteiger partial charge in [0.25, 0.3) is 0 Å². The summed E-state index contributed by atoms with van der Waals surface area (Å²) in [6.07, 6.45) is 0.449. The molecule has 0 bridgehead atoms. The van der Waals surface area contributed by atoms with Crippen LogP contribution in [-0.2, 0) is 6.42 Å². The molecule has 0 heterocycles. The Kier molecular flexibility index (Phi) is 5.70. The minimum absolute atomic E-state index is 0.0122. The first-order valence-electron chi connectivity index (χ1n) is 6.58. The standard InChI is InChI=1S/C16H16F3NS/c1-20-14(7-11-5-6-13(18)9-16(11)19)10-21-15-4-2-3-12(17)8-15/h2-6,8-9,14,20H,7,10H2,1H3. The Labute approximate surface area is 126 Å². The van der Waals surface area contributed by atoms with Crippen LogP contribution in [0.25, 0.3) is 0 Å². The van der Waals surface area contributed by atoms with Crippen LogP contribution in [-0.4, -0.2) is 18.8 Å². The molecule has 0 aliphatic rings. The molecule has 0 aliphatic carbocycles. The largest absolute Gasteiger partial charge is 0.316 e. The van der Waals surface area contributed by atoms with Gasteiger partial charge in [0, 0.05) is 22.8 Å². The van der Waals surface area contributed by atoms with E-state index in [-0.39, 0.29) is 11.9 Å². The highest BCUT2D eigenvalue weighted by atomic mass is 32.2. The molecule has 0 fully saturated rings. The monoisotopic (exact) mass is 311 g/mol. The molecule has 1 unspecified atom stereocenters. The van der Waals surface area contributed by atoms with Crippen LogP contribution in [0.3, 0.4) is 0 Å². The first kappa shape index (κ1) is 15.9. The van der Waals surface area contributed by atoms with E-state index in [9.17, 15) is 13.2 Å². The van der Waals surface area contributed by atoms with Crippen molar-refractivity contribution >= 4 is 11.8 Å². The van der Waals surface area contributed by atoms with Crippen LogP contribution in [0.15, 0.2) is 47.4 Å². The first-order chi connectivity index (χ1) is 10.1. The zero-order valence-corrected chi connectivity index (χ0v) is 12.4. The van der Waals surface area contributed by atoms with Crippen LogP contribution in [0.2, 0.25) is 0 Å². The zero-order valence-electron chi connectivity index (χ0n) is 11.6. The molecule has 0 amide bonds. The van der Waals surface area contributed by atoms with Crippen LogP contribution in [0.4, 0.5) is 13.2 Å². The molecule has 0 radical (unpaired) electrons. The van der Waals surface area contributed by atoms with Crippen molar-refractivity contribution in [2.45, 2.75) is 17.4 Å². The molecule has 2 aromatic carbocycles. The van der Waals surface area contributed by atoms with Crippen molar-refractivity contribution in [1.82, 2.24) is 5.32 Å². The van der Waals surface area contributed by atoms with Gasteiger partial charge in [-0.2, -0.15) is 0 Å². The van der Waals surface area contributed by atoms with Crippen LogP contribution >= 0.6 is 11.8 Å². The van der Waals surface area contributed by atoms with Crippen LogP contribution in [0, 0.1) is 17.5 Å². The molecule has 2 aromatic rings. The Balaban J connectivity index is 1.97. The highest BCUT2D eigenvalue weighted by Gasteiger charge is 2.12. The number of halogens is 3. The van der Waals surface area contributed by atoms with Crippen molar-refractivity contribution in [2.75, 3.05) is 12.8 Å². The van der Waals surface area contributed by atoms with E-state index in [1.807, 2.05) is 6.07 Å². The van der Waals surface area contributed by atoms with Crippen LogP contribution < -0.4 is 5.32 Å². The molecule has 21 heavy (non-hydrogen) atoms. The summed E-state index contributed by atoms with van der Waals surface area (Å²) < 4.78 is 39.6. The molecule has 0 aliphatic heterocycles. The number of rotatable bonds is 6. The lowest BCUT2D eigenvalue weighted by Crippen LogP contribution is -2.30. The number of likely N-dealkylation sites (N-methyl/N-ethyl adjacent to an activating group) is 1. The second-order valence-electron chi connectivity index (χ2n) is 4.69. The van der Waals surface area contributed by atoms with Gasteiger partial charge in [0.2, 0.25) is 0 Å². The van der Waals surface area contributed by atoms with E-state index in [4.69, 9.17) is 0 Å². The smallest absolute Gasteiger partial charge is 0.129 e. The Morgan fingerprint density at radius 3 is 2.48 bits per heavy atom. The molecule has 1 N–H and O–H groups in total. The van der Waals surface area contributed by atoms with Gasteiger partial charge in [-0.3, -0.25) is 0 Å². The predicted octanol–water partition coefficient (Wildman–Crippen LogP) is 4.03. The summed E-state index contributed by atoms with van der Waals surface area (Å²) in [5.41, 5.74) is 0.468. The number of nitrogens with one attached hydrogen (secondary N) is 1. The lowest BCUT2D eigenvalue weighted by atomic mass is 10.1. The molecule has 2 rings (SSSR count). The second kappa shape index (κ2) is 7.52. The summed E-state index contributed by atoms with van der Waals surface area (Å²) in [4.78, 5) is 0.829. The third kappa shape index (κ3) is 4.79. The van der Waals surface area contributed by atoms with E-state index in [2.05, 4.69) is 5.32 Å². The van der Waals surface area contributed by atoms with E-state index in [1.165, 1.54) is 36.0 Å². The molecule has 5 heteroatoms. The predicted molar refractivity (Wildman–Crippen MR) is 80.0 cm³/mol. The fraction of sp³-hybridized carbons (Fsp3) is 0.250. The number of thioether (sulfide) groups is 1. The quantitative estimate of drug-likeness (QED) is 0.809. The van der Waals surface area contributed by atoms with Crippen molar-refractivity contribution < 1.29 is 13.2 Å². The van der Waals surface area contributed by atoms with Gasteiger partial charge < -0.3 is 5.32 Å². The molecule has 0 saturated carbocycles. The highest BCUT2D eigenvalue weighted by molar-refractivity contribution is 7.99. The summed E-state index contributed by atoms with van der Waals surface area (Å²) in [6, 6.07) is 9.97. The maximum Gasteiger partial charge on any atom is 0.129 e. The average molecular weight is 311 g/mol. The average Bonchev–Trinajstić information content (AvgIpc) is 2.45. The maximum absolute atomic E-state index is 13.6. The van der Waals surface area contributed by atoms with Crippen molar-refractivity contribution in [3.63, 3.8) is 0 Å². The summed E-state index contributed by atoms with van der Waals surface area (Å²) in [6.45, 7) is 0. The van der Waals surface area contributed by atoms with Crippen LogP contribution in [0.1, 0.15) is 5.56 Å². The van der Waals surface area contributed by atoms with Gasteiger partial charge in [0.1, 0.15) is 17.5 Å². The van der Waals surface area contributed by atoms with Gasteiger partial charge in [-0.05, 0) is 43.3 Å². The van der Waals surface area contributed by atoms with Gasteiger partial charge in [-0.15, -0.1) is 11.8 Å². The maximum atomic E-state index is 13.6. The number of hydrogen-bond donors (Lipinski definition) is 1. The Bertz CT molecular complexity index is 604. The minimum atomic E-state index is -0.577. The van der Waals surface area contributed by atoms with Crippen molar-refractivity contribution in [2.24, 2.45) is 0 Å². The van der Waals surface area contributed by atoms with Gasteiger partial charge in [0.05, 0.1) is 0 Å². The summed E-state index contributed by atoms with van der Waals surface area (Å²) in [5.74, 6) is -0.723. The summed E-state index contributed by atoms with van der Waals surface area (Å²) in [5, 5.41) is 3.10. The summed E-state index contributed by atoms with van der Waals surface area (Å²) >= 11 is 1.50. The molecule has 1 nitrogen and oxygen atoms in total. The molecule has 1 atom stereocenters. The molecule has 0 aromatic heterocycles. The topological polar surface area (TPSA) is 12.0 Å². The fourth-order valence-corrected chi connectivity index (χ4v) is 3.00. The van der Waals surface area contributed by atoms with E-state index in [1.54, 1.807) is 13.1 Å². The van der Waals surface area contributed by atoms with Crippen LogP contribution in [0.5, 0.6) is 0 Å². The third-order valence-electron chi connectivity index (χ3n) is 3.14. The lowest BCUT2D eigenvalue weighted by Gasteiger charge is -2.16.